The molecule has 122 valence electrons. The smallest absolute Gasteiger partial charge is 0.270 e. The van der Waals surface area contributed by atoms with Gasteiger partial charge in [-0.1, -0.05) is 18.5 Å². The summed E-state index contributed by atoms with van der Waals surface area (Å²) >= 11 is 6.09. The molecule has 0 aliphatic carbocycles. The number of nitrogens with zero attached hydrogens (tertiary/aromatic N) is 2. The van der Waals surface area contributed by atoms with Crippen LogP contribution in [-0.2, 0) is 0 Å². The predicted octanol–water partition coefficient (Wildman–Crippen LogP) is 3.41. The predicted molar refractivity (Wildman–Crippen MR) is 90.5 cm³/mol. The van der Waals surface area contributed by atoms with E-state index in [0.29, 0.717) is 22.3 Å². The maximum atomic E-state index is 12.1. The Morgan fingerprint density at radius 1 is 1.35 bits per heavy atom. The molecule has 1 atom stereocenters. The quantitative estimate of drug-likeness (QED) is 0.846. The van der Waals surface area contributed by atoms with E-state index in [9.17, 15) is 4.79 Å². The number of anilines is 2. The summed E-state index contributed by atoms with van der Waals surface area (Å²) in [6.07, 6.45) is 2.20. The van der Waals surface area contributed by atoms with Crippen molar-refractivity contribution >= 4 is 29.0 Å². The van der Waals surface area contributed by atoms with Gasteiger partial charge in [-0.15, -0.1) is 0 Å². The summed E-state index contributed by atoms with van der Waals surface area (Å²) in [7, 11) is 1.56. The number of nitrogens with one attached hydrogen (secondary N) is 2. The molecule has 0 radical (unpaired) electrons. The Morgan fingerprint density at radius 2 is 2.13 bits per heavy atom. The van der Waals surface area contributed by atoms with Crippen molar-refractivity contribution in [1.29, 1.82) is 0 Å². The van der Waals surface area contributed by atoms with E-state index < -0.39 is 0 Å². The van der Waals surface area contributed by atoms with Crippen LogP contribution >= 0.6 is 11.6 Å². The van der Waals surface area contributed by atoms with Gasteiger partial charge in [-0.25, -0.2) is 9.97 Å². The molecule has 2 aromatic rings. The molecule has 1 aromatic heterocycles. The van der Waals surface area contributed by atoms with Crippen LogP contribution in [0.15, 0.2) is 30.6 Å². The normalized spacial score (nSPS) is 11.7. The van der Waals surface area contributed by atoms with E-state index in [1.54, 1.807) is 25.3 Å². The number of hydrogen-bond donors (Lipinski definition) is 2. The van der Waals surface area contributed by atoms with E-state index >= 15 is 0 Å². The Morgan fingerprint density at radius 3 is 2.78 bits per heavy atom. The van der Waals surface area contributed by atoms with Gasteiger partial charge in [0.15, 0.2) is 0 Å². The zero-order valence-corrected chi connectivity index (χ0v) is 14.0. The fraction of sp³-hybridized carbons (Fsp3) is 0.312. The fourth-order valence-electron chi connectivity index (χ4n) is 1.84. The van der Waals surface area contributed by atoms with Gasteiger partial charge >= 0.3 is 0 Å². The third-order valence-electron chi connectivity index (χ3n) is 3.31. The van der Waals surface area contributed by atoms with Crippen molar-refractivity contribution < 1.29 is 9.53 Å². The molecule has 0 saturated carbocycles. The van der Waals surface area contributed by atoms with Crippen LogP contribution in [0, 0.1) is 0 Å². The summed E-state index contributed by atoms with van der Waals surface area (Å²) < 4.78 is 5.11. The zero-order chi connectivity index (χ0) is 16.8. The van der Waals surface area contributed by atoms with Crippen molar-refractivity contribution in [3.05, 3.63) is 41.3 Å². The van der Waals surface area contributed by atoms with Crippen LogP contribution in [0.25, 0.3) is 0 Å². The number of ether oxygens (including phenoxy) is 1. The van der Waals surface area contributed by atoms with Crippen molar-refractivity contribution in [3.63, 3.8) is 0 Å². The fourth-order valence-corrected chi connectivity index (χ4v) is 2.10. The second-order valence-corrected chi connectivity index (χ2v) is 5.45. The average Bonchev–Trinajstić information content (AvgIpc) is 2.55. The first-order valence-corrected chi connectivity index (χ1v) is 7.64. The summed E-state index contributed by atoms with van der Waals surface area (Å²) in [5, 5.41) is 6.44. The summed E-state index contributed by atoms with van der Waals surface area (Å²) in [6.45, 7) is 3.95. The number of amides is 1. The topological polar surface area (TPSA) is 76.1 Å². The van der Waals surface area contributed by atoms with Crippen molar-refractivity contribution in [2.75, 3.05) is 12.4 Å². The molecule has 0 fully saturated rings. The van der Waals surface area contributed by atoms with Gasteiger partial charge in [0.05, 0.1) is 12.1 Å². The number of aromatic nitrogens is 2. The molecule has 7 heteroatoms. The summed E-state index contributed by atoms with van der Waals surface area (Å²) in [5.41, 5.74) is 1.05. The molecule has 0 spiro atoms. The zero-order valence-electron chi connectivity index (χ0n) is 13.3. The Kier molecular flexibility index (Phi) is 5.76. The minimum Gasteiger partial charge on any atom is -0.495 e. The number of hydrogen-bond acceptors (Lipinski definition) is 5. The number of methoxy groups -OCH3 is 1. The lowest BCUT2D eigenvalue weighted by atomic mass is 10.2. The first-order valence-electron chi connectivity index (χ1n) is 7.27. The molecule has 6 nitrogen and oxygen atoms in total. The number of benzene rings is 1. The highest BCUT2D eigenvalue weighted by atomic mass is 35.5. The van der Waals surface area contributed by atoms with E-state index in [0.717, 1.165) is 12.1 Å². The van der Waals surface area contributed by atoms with Crippen molar-refractivity contribution in [2.45, 2.75) is 26.3 Å². The maximum Gasteiger partial charge on any atom is 0.270 e. The lowest BCUT2D eigenvalue weighted by Crippen LogP contribution is -2.32. The third kappa shape index (κ3) is 4.56. The molecule has 0 saturated heterocycles. The molecular formula is C16H19ClN4O2. The largest absolute Gasteiger partial charge is 0.495 e. The van der Waals surface area contributed by atoms with Gasteiger partial charge in [0.25, 0.3) is 5.91 Å². The molecular weight excluding hydrogens is 316 g/mol. The minimum absolute atomic E-state index is 0.0919. The van der Waals surface area contributed by atoms with Gasteiger partial charge in [-0.3, -0.25) is 4.79 Å². The third-order valence-corrected chi connectivity index (χ3v) is 3.61. The van der Waals surface area contributed by atoms with Crippen molar-refractivity contribution in [1.82, 2.24) is 15.3 Å². The number of carbonyl (C=O) groups excluding carboxylic acids is 1. The van der Waals surface area contributed by atoms with Crippen LogP contribution in [-0.4, -0.2) is 29.0 Å². The molecule has 0 aliphatic heterocycles. The molecule has 1 amide bonds. The highest BCUT2D eigenvalue weighted by molar-refractivity contribution is 6.32. The summed E-state index contributed by atoms with van der Waals surface area (Å²) in [5.74, 6) is 0.877. The highest BCUT2D eigenvalue weighted by Crippen LogP contribution is 2.28. The average molecular weight is 335 g/mol. The van der Waals surface area contributed by atoms with Crippen molar-refractivity contribution in [3.8, 4) is 5.75 Å². The summed E-state index contributed by atoms with van der Waals surface area (Å²) in [6, 6.07) is 6.97. The Bertz CT molecular complexity index is 694. The van der Waals surface area contributed by atoms with Gasteiger partial charge in [-0.2, -0.15) is 0 Å². The monoisotopic (exact) mass is 334 g/mol. The molecule has 0 bridgehead atoms. The van der Waals surface area contributed by atoms with Gasteiger partial charge in [0, 0.05) is 17.8 Å². The van der Waals surface area contributed by atoms with Gasteiger partial charge in [-0.05, 0) is 31.5 Å². The standard InChI is InChI=1S/C16H19ClN4O2/c1-4-10(2)20-16(22)13-8-15(19-9-18-13)21-11-5-6-14(23-3)12(17)7-11/h5-10H,4H2,1-3H3,(H,20,22)(H,18,19,21). The molecule has 1 aromatic carbocycles. The summed E-state index contributed by atoms with van der Waals surface area (Å²) in [4.78, 5) is 20.2. The van der Waals surface area contributed by atoms with Crippen LogP contribution in [0.3, 0.4) is 0 Å². The lowest BCUT2D eigenvalue weighted by molar-refractivity contribution is 0.0934. The molecule has 0 aliphatic rings. The van der Waals surface area contributed by atoms with E-state index in [-0.39, 0.29) is 11.9 Å². The Labute approximate surface area is 140 Å². The van der Waals surface area contributed by atoms with E-state index in [4.69, 9.17) is 16.3 Å². The number of carbonyl (C=O) groups is 1. The molecule has 2 N–H and O–H groups in total. The first kappa shape index (κ1) is 17.0. The van der Waals surface area contributed by atoms with Gasteiger partial charge in [0.1, 0.15) is 23.6 Å². The lowest BCUT2D eigenvalue weighted by Gasteiger charge is -2.12. The molecule has 2 rings (SSSR count). The second kappa shape index (κ2) is 7.78. The van der Waals surface area contributed by atoms with Crippen LogP contribution < -0.4 is 15.4 Å². The molecule has 1 heterocycles. The van der Waals surface area contributed by atoms with Crippen LogP contribution in [0.1, 0.15) is 30.8 Å². The Balaban J connectivity index is 2.13. The Hall–Kier alpha value is -2.34. The number of rotatable bonds is 6. The SMILES string of the molecule is CCC(C)NC(=O)c1cc(Nc2ccc(OC)c(Cl)c2)ncn1. The number of halogens is 1. The van der Waals surface area contributed by atoms with Crippen LogP contribution in [0.2, 0.25) is 5.02 Å². The second-order valence-electron chi connectivity index (χ2n) is 5.05. The maximum absolute atomic E-state index is 12.1. The van der Waals surface area contributed by atoms with Crippen molar-refractivity contribution in [2.24, 2.45) is 0 Å². The first-order chi connectivity index (χ1) is 11.0. The van der Waals surface area contributed by atoms with Gasteiger partial charge in [0.2, 0.25) is 0 Å². The minimum atomic E-state index is -0.224. The highest BCUT2D eigenvalue weighted by Gasteiger charge is 2.11. The van der Waals surface area contributed by atoms with Crippen LogP contribution in [0.4, 0.5) is 11.5 Å². The van der Waals surface area contributed by atoms with E-state index in [1.807, 2.05) is 19.9 Å². The molecule has 1 unspecified atom stereocenters. The van der Waals surface area contributed by atoms with Crippen LogP contribution in [0.5, 0.6) is 5.75 Å². The van der Waals surface area contributed by atoms with E-state index in [1.165, 1.54) is 6.33 Å². The van der Waals surface area contributed by atoms with E-state index in [2.05, 4.69) is 20.6 Å². The van der Waals surface area contributed by atoms with Gasteiger partial charge < -0.3 is 15.4 Å². The molecule has 23 heavy (non-hydrogen) atoms.